The number of hydrogen-bond donors (Lipinski definition) is 1. The number of nitrogens with zero attached hydrogens (tertiary/aromatic N) is 2. The number of carbonyl (C=O) groups excluding carboxylic acids is 1. The SMILES string of the molecule is Cc1ccc(CNC(=O)CN(Cc2ccc(Cl)cc2)S(=O)(=O)c2cccnc2)cc1. The lowest BCUT2D eigenvalue weighted by Gasteiger charge is -2.22. The van der Waals surface area contributed by atoms with Gasteiger partial charge in [-0.2, -0.15) is 4.31 Å². The summed E-state index contributed by atoms with van der Waals surface area (Å²) in [7, 11) is -3.92. The second-order valence-corrected chi connectivity index (χ2v) is 9.22. The number of aryl methyl sites for hydroxylation is 1. The molecule has 0 fully saturated rings. The number of hydrogen-bond acceptors (Lipinski definition) is 4. The van der Waals surface area contributed by atoms with E-state index in [2.05, 4.69) is 10.3 Å². The average molecular weight is 444 g/mol. The largest absolute Gasteiger partial charge is 0.351 e. The van der Waals surface area contributed by atoms with E-state index in [0.717, 1.165) is 21.0 Å². The quantitative estimate of drug-likeness (QED) is 0.577. The molecule has 0 spiro atoms. The van der Waals surface area contributed by atoms with Crippen LogP contribution >= 0.6 is 11.6 Å². The van der Waals surface area contributed by atoms with Crippen LogP contribution in [0.5, 0.6) is 0 Å². The van der Waals surface area contributed by atoms with E-state index in [4.69, 9.17) is 11.6 Å². The van der Waals surface area contributed by atoms with Crippen LogP contribution in [0.2, 0.25) is 5.02 Å². The number of halogens is 1. The van der Waals surface area contributed by atoms with Gasteiger partial charge in [0.2, 0.25) is 15.9 Å². The number of sulfonamides is 1. The molecule has 3 aromatic rings. The summed E-state index contributed by atoms with van der Waals surface area (Å²) in [5.41, 5.74) is 2.79. The zero-order valence-corrected chi connectivity index (χ0v) is 18.0. The topological polar surface area (TPSA) is 79.4 Å². The van der Waals surface area contributed by atoms with Gasteiger partial charge < -0.3 is 5.32 Å². The van der Waals surface area contributed by atoms with Gasteiger partial charge in [0.15, 0.2) is 0 Å². The second kappa shape index (κ2) is 9.84. The van der Waals surface area contributed by atoms with Gasteiger partial charge in [0, 0.05) is 30.5 Å². The highest BCUT2D eigenvalue weighted by molar-refractivity contribution is 7.89. The lowest BCUT2D eigenvalue weighted by Crippen LogP contribution is -2.40. The molecule has 0 aliphatic carbocycles. The third kappa shape index (κ3) is 5.89. The minimum atomic E-state index is -3.92. The van der Waals surface area contributed by atoms with Crippen LogP contribution in [0, 0.1) is 6.92 Å². The molecule has 0 bridgehead atoms. The maximum Gasteiger partial charge on any atom is 0.245 e. The van der Waals surface area contributed by atoms with Gasteiger partial charge in [0.1, 0.15) is 4.90 Å². The smallest absolute Gasteiger partial charge is 0.245 e. The predicted octanol–water partition coefficient (Wildman–Crippen LogP) is 3.55. The van der Waals surface area contributed by atoms with Crippen molar-refractivity contribution in [3.8, 4) is 0 Å². The molecule has 0 aliphatic rings. The Morgan fingerprint density at radius 1 is 1.03 bits per heavy atom. The van der Waals surface area contributed by atoms with Gasteiger partial charge in [0.25, 0.3) is 0 Å². The van der Waals surface area contributed by atoms with Crippen molar-refractivity contribution >= 4 is 27.5 Å². The van der Waals surface area contributed by atoms with Gasteiger partial charge in [0.05, 0.1) is 6.54 Å². The van der Waals surface area contributed by atoms with Crippen molar-refractivity contribution in [1.82, 2.24) is 14.6 Å². The van der Waals surface area contributed by atoms with Crippen molar-refractivity contribution in [2.24, 2.45) is 0 Å². The van der Waals surface area contributed by atoms with E-state index >= 15 is 0 Å². The predicted molar refractivity (Wildman–Crippen MR) is 116 cm³/mol. The molecule has 8 heteroatoms. The Hall–Kier alpha value is -2.74. The molecule has 1 heterocycles. The third-order valence-electron chi connectivity index (χ3n) is 4.47. The summed E-state index contributed by atoms with van der Waals surface area (Å²) in [6.45, 7) is 2.03. The van der Waals surface area contributed by atoms with Gasteiger partial charge in [-0.3, -0.25) is 9.78 Å². The minimum Gasteiger partial charge on any atom is -0.351 e. The van der Waals surface area contributed by atoms with Crippen molar-refractivity contribution in [3.05, 3.63) is 94.8 Å². The molecule has 1 amide bonds. The highest BCUT2D eigenvalue weighted by atomic mass is 35.5. The van der Waals surface area contributed by atoms with Crippen molar-refractivity contribution < 1.29 is 13.2 Å². The van der Waals surface area contributed by atoms with Crippen molar-refractivity contribution in [2.75, 3.05) is 6.54 Å². The number of amides is 1. The highest BCUT2D eigenvalue weighted by Gasteiger charge is 2.27. The number of nitrogens with one attached hydrogen (secondary N) is 1. The van der Waals surface area contributed by atoms with Gasteiger partial charge in [-0.25, -0.2) is 8.42 Å². The van der Waals surface area contributed by atoms with Crippen molar-refractivity contribution in [2.45, 2.75) is 24.9 Å². The molecule has 0 radical (unpaired) electrons. The first kappa shape index (κ1) is 22.0. The van der Waals surface area contributed by atoms with Gasteiger partial charge in [-0.1, -0.05) is 53.6 Å². The molecule has 0 saturated heterocycles. The van der Waals surface area contributed by atoms with E-state index < -0.39 is 15.9 Å². The number of rotatable bonds is 8. The fourth-order valence-electron chi connectivity index (χ4n) is 2.79. The number of aromatic nitrogens is 1. The zero-order valence-electron chi connectivity index (χ0n) is 16.5. The van der Waals surface area contributed by atoms with Gasteiger partial charge >= 0.3 is 0 Å². The molecule has 6 nitrogen and oxygen atoms in total. The second-order valence-electron chi connectivity index (χ2n) is 6.85. The Bertz CT molecular complexity index is 1090. The standard InChI is InChI=1S/C22H22ClN3O3S/c1-17-4-6-18(7-5-17)13-25-22(27)16-26(15-19-8-10-20(23)11-9-19)30(28,29)21-3-2-12-24-14-21/h2-12,14H,13,15-16H2,1H3,(H,25,27). The van der Waals surface area contributed by atoms with Crippen LogP contribution in [0.1, 0.15) is 16.7 Å². The molecule has 0 atom stereocenters. The summed E-state index contributed by atoms with van der Waals surface area (Å²) in [6, 6.07) is 17.6. The van der Waals surface area contributed by atoms with E-state index in [1.807, 2.05) is 31.2 Å². The third-order valence-corrected chi connectivity index (χ3v) is 6.50. The van der Waals surface area contributed by atoms with E-state index in [-0.39, 0.29) is 18.0 Å². The summed E-state index contributed by atoms with van der Waals surface area (Å²) >= 11 is 5.92. The Morgan fingerprint density at radius 2 is 1.70 bits per heavy atom. The van der Waals surface area contributed by atoms with Crippen LogP contribution in [-0.2, 0) is 27.9 Å². The van der Waals surface area contributed by atoms with Crippen molar-refractivity contribution in [3.63, 3.8) is 0 Å². The van der Waals surface area contributed by atoms with E-state index in [1.165, 1.54) is 18.5 Å². The van der Waals surface area contributed by atoms with Crippen LogP contribution in [0.25, 0.3) is 0 Å². The molecule has 3 rings (SSSR count). The summed E-state index contributed by atoms with van der Waals surface area (Å²) < 4.78 is 27.4. The Labute approximate surface area is 181 Å². The molecule has 1 aromatic heterocycles. The Balaban J connectivity index is 1.77. The van der Waals surface area contributed by atoms with Crippen molar-refractivity contribution in [1.29, 1.82) is 0 Å². The van der Waals surface area contributed by atoms with Crippen LogP contribution in [-0.4, -0.2) is 30.2 Å². The number of carbonyl (C=O) groups is 1. The summed E-state index contributed by atoms with van der Waals surface area (Å²) in [6.07, 6.45) is 2.77. The molecule has 1 N–H and O–H groups in total. The van der Waals surface area contributed by atoms with E-state index in [1.54, 1.807) is 30.3 Å². The van der Waals surface area contributed by atoms with Crippen LogP contribution in [0.3, 0.4) is 0 Å². The normalized spacial score (nSPS) is 11.4. The van der Waals surface area contributed by atoms with Crippen LogP contribution in [0.4, 0.5) is 0 Å². The minimum absolute atomic E-state index is 0.0327. The molecule has 30 heavy (non-hydrogen) atoms. The van der Waals surface area contributed by atoms with Gasteiger partial charge in [-0.05, 0) is 42.3 Å². The average Bonchev–Trinajstić information content (AvgIpc) is 2.75. The van der Waals surface area contributed by atoms with Crippen LogP contribution < -0.4 is 5.32 Å². The fourth-order valence-corrected chi connectivity index (χ4v) is 4.27. The Morgan fingerprint density at radius 3 is 2.33 bits per heavy atom. The summed E-state index contributed by atoms with van der Waals surface area (Å²) in [5, 5.41) is 3.34. The maximum atomic E-state index is 13.1. The molecule has 0 aliphatic heterocycles. The molecule has 0 saturated carbocycles. The number of pyridine rings is 1. The summed E-state index contributed by atoms with van der Waals surface area (Å²) in [4.78, 5) is 16.5. The molecule has 0 unspecified atom stereocenters. The first-order chi connectivity index (χ1) is 14.3. The zero-order chi connectivity index (χ0) is 21.6. The molecular formula is C22H22ClN3O3S. The summed E-state index contributed by atoms with van der Waals surface area (Å²) in [5.74, 6) is -0.392. The lowest BCUT2D eigenvalue weighted by molar-refractivity contribution is -0.121. The Kier molecular flexibility index (Phi) is 7.20. The first-order valence-corrected chi connectivity index (χ1v) is 11.1. The molecule has 156 valence electrons. The fraction of sp³-hybridized carbons (Fsp3) is 0.182. The monoisotopic (exact) mass is 443 g/mol. The van der Waals surface area contributed by atoms with Gasteiger partial charge in [-0.15, -0.1) is 0 Å². The number of benzene rings is 2. The van der Waals surface area contributed by atoms with Crippen LogP contribution in [0.15, 0.2) is 78.0 Å². The molecule has 2 aromatic carbocycles. The maximum absolute atomic E-state index is 13.1. The molecular weight excluding hydrogens is 422 g/mol. The first-order valence-electron chi connectivity index (χ1n) is 9.31. The van der Waals surface area contributed by atoms with E-state index in [9.17, 15) is 13.2 Å². The van der Waals surface area contributed by atoms with E-state index in [0.29, 0.717) is 11.6 Å². The lowest BCUT2D eigenvalue weighted by atomic mass is 10.1. The highest BCUT2D eigenvalue weighted by Crippen LogP contribution is 2.18.